The molecule has 1 aromatic rings. The van der Waals surface area contributed by atoms with Crippen molar-refractivity contribution in [3.8, 4) is 5.75 Å². The zero-order valence-corrected chi connectivity index (χ0v) is 10.5. The van der Waals surface area contributed by atoms with Crippen molar-refractivity contribution in [3.63, 3.8) is 0 Å². The maximum absolute atomic E-state index is 10.8. The Bertz CT molecular complexity index is 371. The maximum Gasteiger partial charge on any atom is 0.312 e. The summed E-state index contributed by atoms with van der Waals surface area (Å²) in [5.74, 6) is 0.295. The first-order valence-electron chi connectivity index (χ1n) is 4.87. The lowest BCUT2D eigenvalue weighted by atomic mass is 10.3. The molecule has 1 aromatic carbocycles. The largest absolute Gasteiger partial charge is 0.486 e. The van der Waals surface area contributed by atoms with Gasteiger partial charge >= 0.3 is 5.69 Å². The Kier molecular flexibility index (Phi) is 5.21. The number of nitro groups is 1. The molecule has 0 saturated carbocycles. The van der Waals surface area contributed by atoms with Crippen LogP contribution in [0.3, 0.4) is 0 Å². The molecule has 6 heteroatoms. The highest BCUT2D eigenvalue weighted by Crippen LogP contribution is 2.34. The predicted octanol–water partition coefficient (Wildman–Crippen LogP) is 2.35. The Morgan fingerprint density at radius 1 is 1.56 bits per heavy atom. The van der Waals surface area contributed by atoms with E-state index >= 15 is 0 Å². The van der Waals surface area contributed by atoms with Crippen molar-refractivity contribution >= 4 is 21.6 Å². The van der Waals surface area contributed by atoms with Crippen molar-refractivity contribution < 1.29 is 9.66 Å². The van der Waals surface area contributed by atoms with Crippen molar-refractivity contribution in [1.29, 1.82) is 0 Å². The van der Waals surface area contributed by atoms with Crippen molar-refractivity contribution in [2.75, 3.05) is 20.2 Å². The zero-order valence-electron chi connectivity index (χ0n) is 8.90. The van der Waals surface area contributed by atoms with Crippen LogP contribution in [0.2, 0.25) is 0 Å². The second-order valence-corrected chi connectivity index (χ2v) is 4.01. The summed E-state index contributed by atoms with van der Waals surface area (Å²) >= 11 is 3.24. The van der Waals surface area contributed by atoms with Gasteiger partial charge in [-0.25, -0.2) is 0 Å². The highest BCUT2D eigenvalue weighted by molar-refractivity contribution is 9.10. The Balaban J connectivity index is 2.73. The standard InChI is InChI=1S/C10H13BrN2O3/c1-12-6-3-7-16-10-8(11)4-2-5-9(10)13(14)15/h2,4-5,12H,3,6-7H2,1H3. The molecule has 0 amide bonds. The Morgan fingerprint density at radius 2 is 2.31 bits per heavy atom. The van der Waals surface area contributed by atoms with Gasteiger partial charge in [-0.1, -0.05) is 6.07 Å². The van der Waals surface area contributed by atoms with Crippen LogP contribution >= 0.6 is 15.9 Å². The molecule has 5 nitrogen and oxygen atoms in total. The van der Waals surface area contributed by atoms with Gasteiger partial charge in [-0.05, 0) is 42.0 Å². The van der Waals surface area contributed by atoms with Gasteiger partial charge in [0, 0.05) is 6.07 Å². The third-order valence-corrected chi connectivity index (χ3v) is 2.58. The van der Waals surface area contributed by atoms with E-state index in [0.717, 1.165) is 13.0 Å². The molecule has 0 fully saturated rings. The maximum atomic E-state index is 10.8. The molecule has 1 N–H and O–H groups in total. The van der Waals surface area contributed by atoms with Gasteiger partial charge in [0.25, 0.3) is 0 Å². The quantitative estimate of drug-likeness (QED) is 0.496. The lowest BCUT2D eigenvalue weighted by Gasteiger charge is -2.08. The highest BCUT2D eigenvalue weighted by Gasteiger charge is 2.17. The minimum absolute atomic E-state index is 0.0150. The van der Waals surface area contributed by atoms with Crippen LogP contribution in [0.5, 0.6) is 5.75 Å². The Hall–Kier alpha value is -1.14. The van der Waals surface area contributed by atoms with Gasteiger partial charge in [0.15, 0.2) is 0 Å². The van der Waals surface area contributed by atoms with Gasteiger partial charge in [-0.3, -0.25) is 10.1 Å². The molecule has 0 aromatic heterocycles. The molecule has 0 unspecified atom stereocenters. The molecule has 0 saturated heterocycles. The monoisotopic (exact) mass is 288 g/mol. The summed E-state index contributed by atoms with van der Waals surface area (Å²) in [6.07, 6.45) is 0.801. The summed E-state index contributed by atoms with van der Waals surface area (Å²) in [7, 11) is 1.85. The van der Waals surface area contributed by atoms with E-state index in [1.807, 2.05) is 7.05 Å². The predicted molar refractivity (Wildman–Crippen MR) is 64.8 cm³/mol. The molecular weight excluding hydrogens is 276 g/mol. The molecule has 16 heavy (non-hydrogen) atoms. The molecule has 0 radical (unpaired) electrons. The molecule has 0 bridgehead atoms. The topological polar surface area (TPSA) is 64.4 Å². The number of halogens is 1. The first kappa shape index (κ1) is 12.9. The van der Waals surface area contributed by atoms with Crippen molar-refractivity contribution in [2.45, 2.75) is 6.42 Å². The number of hydrogen-bond donors (Lipinski definition) is 1. The molecule has 88 valence electrons. The lowest BCUT2D eigenvalue weighted by molar-refractivity contribution is -0.386. The molecule has 1 rings (SSSR count). The summed E-state index contributed by atoms with van der Waals surface area (Å²) < 4.78 is 6.01. The van der Waals surface area contributed by atoms with Crippen molar-refractivity contribution in [2.24, 2.45) is 0 Å². The van der Waals surface area contributed by atoms with E-state index in [2.05, 4.69) is 21.2 Å². The third kappa shape index (κ3) is 3.46. The number of para-hydroxylation sites is 1. The number of nitrogens with one attached hydrogen (secondary N) is 1. The van der Waals surface area contributed by atoms with Gasteiger partial charge in [0.2, 0.25) is 5.75 Å². The van der Waals surface area contributed by atoms with E-state index in [1.165, 1.54) is 6.07 Å². The Labute approximate surface area is 102 Å². The second-order valence-electron chi connectivity index (χ2n) is 3.15. The van der Waals surface area contributed by atoms with Crippen LogP contribution < -0.4 is 10.1 Å². The summed E-state index contributed by atoms with van der Waals surface area (Å²) in [5, 5.41) is 13.7. The zero-order chi connectivity index (χ0) is 12.0. The smallest absolute Gasteiger partial charge is 0.312 e. The minimum atomic E-state index is -0.446. The van der Waals surface area contributed by atoms with Crippen LogP contribution in [0, 0.1) is 10.1 Å². The molecule has 0 aliphatic heterocycles. The molecule has 0 aliphatic carbocycles. The summed E-state index contributed by atoms with van der Waals surface area (Å²) in [5.41, 5.74) is -0.0150. The van der Waals surface area contributed by atoms with Gasteiger partial charge in [0.1, 0.15) is 0 Å². The number of nitro benzene ring substituents is 1. The van der Waals surface area contributed by atoms with Crippen LogP contribution in [0.25, 0.3) is 0 Å². The number of nitrogens with zero attached hydrogens (tertiary/aromatic N) is 1. The highest BCUT2D eigenvalue weighted by atomic mass is 79.9. The van der Waals surface area contributed by atoms with Gasteiger partial charge < -0.3 is 10.1 Å². The minimum Gasteiger partial charge on any atom is -0.486 e. The van der Waals surface area contributed by atoms with E-state index in [4.69, 9.17) is 4.74 Å². The Morgan fingerprint density at radius 3 is 2.94 bits per heavy atom. The fourth-order valence-corrected chi connectivity index (χ4v) is 1.68. The van der Waals surface area contributed by atoms with Crippen molar-refractivity contribution in [3.05, 3.63) is 32.8 Å². The number of rotatable bonds is 6. The van der Waals surface area contributed by atoms with Crippen LogP contribution in [-0.2, 0) is 0 Å². The molecular formula is C10H13BrN2O3. The van der Waals surface area contributed by atoms with Crippen LogP contribution in [0.1, 0.15) is 6.42 Å². The van der Waals surface area contributed by atoms with E-state index in [1.54, 1.807) is 12.1 Å². The summed E-state index contributed by atoms with van der Waals surface area (Å²) in [6.45, 7) is 1.27. The molecule has 0 spiro atoms. The van der Waals surface area contributed by atoms with E-state index in [-0.39, 0.29) is 5.69 Å². The SMILES string of the molecule is CNCCCOc1c(Br)cccc1[N+](=O)[O-]. The molecule has 0 heterocycles. The third-order valence-electron chi connectivity index (χ3n) is 1.96. The normalized spacial score (nSPS) is 10.1. The average Bonchev–Trinajstić information content (AvgIpc) is 2.25. The number of benzene rings is 1. The van der Waals surface area contributed by atoms with E-state index in [9.17, 15) is 10.1 Å². The van der Waals surface area contributed by atoms with Gasteiger partial charge in [0.05, 0.1) is 16.0 Å². The van der Waals surface area contributed by atoms with Gasteiger partial charge in [-0.2, -0.15) is 0 Å². The first-order chi connectivity index (χ1) is 7.66. The first-order valence-corrected chi connectivity index (χ1v) is 5.66. The van der Waals surface area contributed by atoms with E-state index in [0.29, 0.717) is 16.8 Å². The van der Waals surface area contributed by atoms with Crippen LogP contribution in [0.15, 0.2) is 22.7 Å². The fraction of sp³-hybridized carbons (Fsp3) is 0.400. The van der Waals surface area contributed by atoms with Gasteiger partial charge in [-0.15, -0.1) is 0 Å². The molecule has 0 aliphatic rings. The second kappa shape index (κ2) is 6.44. The fourth-order valence-electron chi connectivity index (χ4n) is 1.21. The number of hydrogen-bond acceptors (Lipinski definition) is 4. The van der Waals surface area contributed by atoms with Crippen molar-refractivity contribution in [1.82, 2.24) is 5.32 Å². The summed E-state index contributed by atoms with van der Waals surface area (Å²) in [6, 6.07) is 4.77. The number of ether oxygens (including phenoxy) is 1. The average molecular weight is 289 g/mol. The summed E-state index contributed by atoms with van der Waals surface area (Å²) in [4.78, 5) is 10.3. The van der Waals surface area contributed by atoms with Crippen LogP contribution in [0.4, 0.5) is 5.69 Å². The van der Waals surface area contributed by atoms with E-state index < -0.39 is 4.92 Å². The van der Waals surface area contributed by atoms with Crippen LogP contribution in [-0.4, -0.2) is 25.1 Å². The lowest BCUT2D eigenvalue weighted by Crippen LogP contribution is -2.12. The molecule has 0 atom stereocenters.